The highest BCUT2D eigenvalue weighted by atomic mass is 15.4. The van der Waals surface area contributed by atoms with Crippen LogP contribution in [0.5, 0.6) is 0 Å². The van der Waals surface area contributed by atoms with Gasteiger partial charge in [-0.25, -0.2) is 10.4 Å². The van der Waals surface area contributed by atoms with E-state index in [2.05, 4.69) is 38.3 Å². The van der Waals surface area contributed by atoms with Crippen molar-refractivity contribution in [2.24, 2.45) is 10.1 Å². The molecule has 1 aliphatic heterocycles. The Balaban J connectivity index is 1.44. The van der Waals surface area contributed by atoms with Crippen LogP contribution in [-0.2, 0) is 13.1 Å². The van der Waals surface area contributed by atoms with E-state index in [1.54, 1.807) is 0 Å². The first-order valence-electron chi connectivity index (χ1n) is 9.83. The maximum Gasteiger partial charge on any atom is 0.142 e. The second-order valence-corrected chi connectivity index (χ2v) is 7.43. The van der Waals surface area contributed by atoms with Crippen molar-refractivity contribution in [3.63, 3.8) is 0 Å². The second-order valence-electron chi connectivity index (χ2n) is 7.43. The van der Waals surface area contributed by atoms with Crippen molar-refractivity contribution < 1.29 is 0 Å². The maximum atomic E-state index is 8.41. The van der Waals surface area contributed by atoms with Gasteiger partial charge in [-0.3, -0.25) is 0 Å². The van der Waals surface area contributed by atoms with E-state index in [1.165, 1.54) is 19.3 Å². The van der Waals surface area contributed by atoms with Crippen molar-refractivity contribution >= 4 is 17.2 Å². The Morgan fingerprint density at radius 3 is 2.57 bits per heavy atom. The summed E-state index contributed by atoms with van der Waals surface area (Å²) in [5.41, 5.74) is 19.3. The van der Waals surface area contributed by atoms with Gasteiger partial charge in [0.1, 0.15) is 5.84 Å². The summed E-state index contributed by atoms with van der Waals surface area (Å²) in [5.74, 6) is 0.978. The van der Waals surface area contributed by atoms with Gasteiger partial charge >= 0.3 is 0 Å². The first-order chi connectivity index (χ1) is 13.8. The lowest BCUT2D eigenvalue weighted by Crippen LogP contribution is -2.57. The van der Waals surface area contributed by atoms with Crippen molar-refractivity contribution in [3.8, 4) is 0 Å². The highest BCUT2D eigenvalue weighted by molar-refractivity contribution is 6.00. The second kappa shape index (κ2) is 8.33. The molecule has 4 rings (SSSR count). The van der Waals surface area contributed by atoms with Gasteiger partial charge in [-0.05, 0) is 41.6 Å². The van der Waals surface area contributed by atoms with E-state index < -0.39 is 0 Å². The van der Waals surface area contributed by atoms with Crippen molar-refractivity contribution in [1.29, 1.82) is 0 Å². The zero-order valence-corrected chi connectivity index (χ0v) is 15.9. The normalized spacial score (nSPS) is 17.1. The Kier molecular flexibility index (Phi) is 5.46. The molecular weight excluding hydrogens is 350 g/mol. The molecular formula is C21H25N7. The average molecular weight is 375 g/mol. The molecule has 0 saturated heterocycles. The number of rotatable bonds is 5. The van der Waals surface area contributed by atoms with Gasteiger partial charge in [-0.2, -0.15) is 0 Å². The molecule has 0 unspecified atom stereocenters. The zero-order valence-electron chi connectivity index (χ0n) is 15.9. The smallest absolute Gasteiger partial charge is 0.142 e. The average Bonchev–Trinajstić information content (AvgIpc) is 2.74. The first-order valence-corrected chi connectivity index (χ1v) is 9.83. The highest BCUT2D eigenvalue weighted by Crippen LogP contribution is 2.39. The van der Waals surface area contributed by atoms with Gasteiger partial charge in [0.2, 0.25) is 0 Å². The summed E-state index contributed by atoms with van der Waals surface area (Å²) in [4.78, 5) is 7.73. The number of hydrogen-bond acceptors (Lipinski definition) is 5. The Morgan fingerprint density at radius 1 is 1.04 bits per heavy atom. The summed E-state index contributed by atoms with van der Waals surface area (Å²) < 4.78 is 0. The van der Waals surface area contributed by atoms with Gasteiger partial charge in [0.15, 0.2) is 0 Å². The monoisotopic (exact) mass is 375 g/mol. The third kappa shape index (κ3) is 3.96. The fourth-order valence-corrected chi connectivity index (χ4v) is 3.99. The SMILES string of the molecule is [N-]=[N+]=NCc1ccc(CNNC2=Nc3ccccc3NC23CCCCC3)cc1. The Labute approximate surface area is 164 Å². The Morgan fingerprint density at radius 2 is 1.79 bits per heavy atom. The number of azide groups is 1. The summed E-state index contributed by atoms with van der Waals surface area (Å²) >= 11 is 0. The molecule has 1 fully saturated rings. The molecule has 0 radical (unpaired) electrons. The van der Waals surface area contributed by atoms with Crippen molar-refractivity contribution in [2.45, 2.75) is 50.7 Å². The Bertz CT molecular complexity index is 891. The van der Waals surface area contributed by atoms with Crippen LogP contribution in [0.3, 0.4) is 0 Å². The molecule has 7 nitrogen and oxygen atoms in total. The summed E-state index contributed by atoms with van der Waals surface area (Å²) in [6.45, 7) is 1.06. The molecule has 28 heavy (non-hydrogen) atoms. The van der Waals surface area contributed by atoms with Crippen LogP contribution >= 0.6 is 0 Å². The quantitative estimate of drug-likeness (QED) is 0.298. The summed E-state index contributed by atoms with van der Waals surface area (Å²) in [6.07, 6.45) is 5.88. The fourth-order valence-electron chi connectivity index (χ4n) is 3.99. The minimum atomic E-state index is -0.112. The number of benzene rings is 2. The molecule has 144 valence electrons. The van der Waals surface area contributed by atoms with Crippen molar-refractivity contribution in [1.82, 2.24) is 10.9 Å². The standard InChI is InChI=1S/C21H25N7/c22-28-24-15-17-10-8-16(9-11-17)14-23-27-20-21(12-4-1-5-13-21)26-19-7-3-2-6-18(19)25-20/h2-3,6-11,23,26H,1,4-5,12-15H2,(H,25,27). The lowest BCUT2D eigenvalue weighted by Gasteiger charge is -2.42. The number of hydrazine groups is 1. The van der Waals surface area contributed by atoms with E-state index in [-0.39, 0.29) is 5.54 Å². The van der Waals surface area contributed by atoms with Crippen LogP contribution in [-0.4, -0.2) is 11.4 Å². The summed E-state index contributed by atoms with van der Waals surface area (Å²) in [6, 6.07) is 16.3. The molecule has 0 aromatic heterocycles. The van der Waals surface area contributed by atoms with E-state index >= 15 is 0 Å². The number of amidine groups is 1. The van der Waals surface area contributed by atoms with Gasteiger partial charge < -0.3 is 10.7 Å². The van der Waals surface area contributed by atoms with Gasteiger partial charge in [-0.15, -0.1) is 0 Å². The minimum Gasteiger partial charge on any atom is -0.371 e. The highest BCUT2D eigenvalue weighted by Gasteiger charge is 2.40. The van der Waals surface area contributed by atoms with Crippen LogP contribution < -0.4 is 16.2 Å². The van der Waals surface area contributed by atoms with E-state index in [1.807, 2.05) is 36.4 Å². The fraction of sp³-hybridized carbons (Fsp3) is 0.381. The van der Waals surface area contributed by atoms with E-state index in [0.717, 1.165) is 41.2 Å². The molecule has 0 atom stereocenters. The molecule has 7 heteroatoms. The number of nitrogens with one attached hydrogen (secondary N) is 3. The van der Waals surface area contributed by atoms with Crippen LogP contribution in [0, 0.1) is 0 Å². The lowest BCUT2D eigenvalue weighted by molar-refractivity contribution is 0.391. The van der Waals surface area contributed by atoms with Crippen LogP contribution in [0.15, 0.2) is 58.6 Å². The molecule has 0 bridgehead atoms. The third-order valence-electron chi connectivity index (χ3n) is 5.51. The number of aliphatic imine (C=N–C) groups is 1. The molecule has 2 aliphatic rings. The molecule has 2 aromatic carbocycles. The number of hydrogen-bond donors (Lipinski definition) is 3. The van der Waals surface area contributed by atoms with Gasteiger partial charge in [0.25, 0.3) is 0 Å². The molecule has 0 amide bonds. The summed E-state index contributed by atoms with van der Waals surface area (Å²) in [5, 5.41) is 7.36. The molecule has 2 aromatic rings. The molecule has 3 N–H and O–H groups in total. The largest absolute Gasteiger partial charge is 0.371 e. The van der Waals surface area contributed by atoms with Crippen LogP contribution in [0.4, 0.5) is 11.4 Å². The number of nitrogens with zero attached hydrogens (tertiary/aromatic N) is 4. The minimum absolute atomic E-state index is 0.112. The first kappa shape index (κ1) is 18.3. The van der Waals surface area contributed by atoms with Crippen LogP contribution in [0.1, 0.15) is 43.2 Å². The van der Waals surface area contributed by atoms with Crippen molar-refractivity contribution in [3.05, 3.63) is 70.1 Å². The number of anilines is 1. The number of para-hydroxylation sites is 2. The zero-order chi connectivity index (χ0) is 19.2. The molecule has 1 heterocycles. The van der Waals surface area contributed by atoms with Gasteiger partial charge in [-0.1, -0.05) is 60.8 Å². The molecule has 1 aliphatic carbocycles. The summed E-state index contributed by atoms with van der Waals surface area (Å²) in [7, 11) is 0. The lowest BCUT2D eigenvalue weighted by atomic mass is 9.79. The molecule has 1 spiro atoms. The van der Waals surface area contributed by atoms with Gasteiger partial charge in [0.05, 0.1) is 23.5 Å². The topological polar surface area (TPSA) is 97.2 Å². The van der Waals surface area contributed by atoms with Gasteiger partial charge in [0, 0.05) is 11.5 Å². The predicted octanol–water partition coefficient (Wildman–Crippen LogP) is 4.95. The predicted molar refractivity (Wildman–Crippen MR) is 112 cm³/mol. The number of fused-ring (bicyclic) bond motifs is 1. The van der Waals surface area contributed by atoms with E-state index in [4.69, 9.17) is 10.5 Å². The Hall–Kier alpha value is -3.02. The maximum absolute atomic E-state index is 8.41. The third-order valence-corrected chi connectivity index (χ3v) is 5.51. The van der Waals surface area contributed by atoms with E-state index in [0.29, 0.717) is 13.1 Å². The van der Waals surface area contributed by atoms with E-state index in [9.17, 15) is 0 Å². The van der Waals surface area contributed by atoms with Crippen LogP contribution in [0.2, 0.25) is 0 Å². The molecule has 1 saturated carbocycles. The van der Waals surface area contributed by atoms with Crippen LogP contribution in [0.25, 0.3) is 10.4 Å². The van der Waals surface area contributed by atoms with Crippen molar-refractivity contribution in [2.75, 3.05) is 5.32 Å².